The molecule has 1 fully saturated rings. The number of ether oxygens (including phenoxy) is 1. The topological polar surface area (TPSA) is 34.1 Å². The van der Waals surface area contributed by atoms with E-state index in [-0.39, 0.29) is 5.82 Å². The Balaban J connectivity index is 1.70. The standard InChI is InChI=1S/C15H14BrFN2O/c16-13-8-10(17)4-7-14(13)20-15-3-1-2-12(19-15)9-18-11-5-6-11/h1-4,7-8,11,18H,5-6,9H2. The van der Waals surface area contributed by atoms with Crippen molar-refractivity contribution in [1.29, 1.82) is 0 Å². The first-order chi connectivity index (χ1) is 9.70. The molecule has 2 aromatic rings. The number of nitrogens with zero attached hydrogens (tertiary/aromatic N) is 1. The van der Waals surface area contributed by atoms with Crippen LogP contribution < -0.4 is 10.1 Å². The molecule has 0 bridgehead atoms. The van der Waals surface area contributed by atoms with Crippen molar-refractivity contribution in [1.82, 2.24) is 10.3 Å². The van der Waals surface area contributed by atoms with Crippen LogP contribution in [0.3, 0.4) is 0 Å². The highest BCUT2D eigenvalue weighted by Gasteiger charge is 2.20. The van der Waals surface area contributed by atoms with Crippen LogP contribution in [0.1, 0.15) is 18.5 Å². The van der Waals surface area contributed by atoms with E-state index in [1.807, 2.05) is 12.1 Å². The van der Waals surface area contributed by atoms with E-state index < -0.39 is 0 Å². The van der Waals surface area contributed by atoms with E-state index >= 15 is 0 Å². The van der Waals surface area contributed by atoms with Crippen molar-refractivity contribution in [2.24, 2.45) is 0 Å². The molecule has 3 rings (SSSR count). The van der Waals surface area contributed by atoms with E-state index in [1.165, 1.54) is 25.0 Å². The van der Waals surface area contributed by atoms with Crippen LogP contribution in [-0.2, 0) is 6.54 Å². The van der Waals surface area contributed by atoms with Crippen LogP contribution in [0, 0.1) is 5.82 Å². The summed E-state index contributed by atoms with van der Waals surface area (Å²) in [4.78, 5) is 4.43. The Morgan fingerprint density at radius 2 is 2.15 bits per heavy atom. The van der Waals surface area contributed by atoms with Gasteiger partial charge in [-0.25, -0.2) is 9.37 Å². The first-order valence-corrected chi connectivity index (χ1v) is 7.32. The van der Waals surface area contributed by atoms with Crippen molar-refractivity contribution in [2.75, 3.05) is 0 Å². The summed E-state index contributed by atoms with van der Waals surface area (Å²) in [6.07, 6.45) is 2.50. The lowest BCUT2D eigenvalue weighted by Gasteiger charge is -2.08. The quantitative estimate of drug-likeness (QED) is 0.895. The summed E-state index contributed by atoms with van der Waals surface area (Å²) in [5.74, 6) is 0.748. The monoisotopic (exact) mass is 336 g/mol. The minimum absolute atomic E-state index is 0.306. The van der Waals surface area contributed by atoms with E-state index in [0.29, 0.717) is 22.1 Å². The number of rotatable bonds is 5. The van der Waals surface area contributed by atoms with Crippen LogP contribution in [-0.4, -0.2) is 11.0 Å². The van der Waals surface area contributed by atoms with Crippen LogP contribution in [0.25, 0.3) is 0 Å². The third-order valence-electron chi connectivity index (χ3n) is 3.04. The molecular formula is C15H14BrFN2O. The molecular weight excluding hydrogens is 323 g/mol. The summed E-state index contributed by atoms with van der Waals surface area (Å²) < 4.78 is 19.3. The maximum atomic E-state index is 13.0. The normalized spacial score (nSPS) is 14.3. The van der Waals surface area contributed by atoms with Crippen molar-refractivity contribution in [3.63, 3.8) is 0 Å². The van der Waals surface area contributed by atoms with Gasteiger partial charge in [0.2, 0.25) is 5.88 Å². The smallest absolute Gasteiger partial charge is 0.219 e. The van der Waals surface area contributed by atoms with E-state index in [0.717, 1.165) is 12.2 Å². The van der Waals surface area contributed by atoms with Crippen molar-refractivity contribution in [2.45, 2.75) is 25.4 Å². The molecule has 0 atom stereocenters. The minimum Gasteiger partial charge on any atom is -0.438 e. The number of hydrogen-bond acceptors (Lipinski definition) is 3. The first kappa shape index (κ1) is 13.5. The molecule has 1 aliphatic rings. The fourth-order valence-electron chi connectivity index (χ4n) is 1.82. The molecule has 104 valence electrons. The molecule has 0 spiro atoms. The number of halogens is 2. The van der Waals surface area contributed by atoms with Crippen LogP contribution in [0.4, 0.5) is 4.39 Å². The van der Waals surface area contributed by atoms with Crippen molar-refractivity contribution >= 4 is 15.9 Å². The Kier molecular flexibility index (Phi) is 3.98. The summed E-state index contributed by atoms with van der Waals surface area (Å²) in [7, 11) is 0. The zero-order valence-corrected chi connectivity index (χ0v) is 12.4. The summed E-state index contributed by atoms with van der Waals surface area (Å²) in [6.45, 7) is 0.743. The molecule has 3 nitrogen and oxygen atoms in total. The van der Waals surface area contributed by atoms with Crippen LogP contribution in [0.15, 0.2) is 40.9 Å². The highest BCUT2D eigenvalue weighted by molar-refractivity contribution is 9.10. The predicted molar refractivity (Wildman–Crippen MR) is 78.3 cm³/mol. The van der Waals surface area contributed by atoms with Gasteiger partial charge in [-0.15, -0.1) is 0 Å². The minimum atomic E-state index is -0.306. The number of benzene rings is 1. The van der Waals surface area contributed by atoms with Gasteiger partial charge in [0.05, 0.1) is 10.2 Å². The largest absolute Gasteiger partial charge is 0.438 e. The van der Waals surface area contributed by atoms with Crippen molar-refractivity contribution in [3.8, 4) is 11.6 Å². The molecule has 20 heavy (non-hydrogen) atoms. The lowest BCUT2D eigenvalue weighted by atomic mass is 10.3. The Hall–Kier alpha value is -1.46. The van der Waals surface area contributed by atoms with E-state index in [2.05, 4.69) is 26.2 Å². The molecule has 1 saturated carbocycles. The molecule has 1 aromatic heterocycles. The van der Waals surface area contributed by atoms with Gasteiger partial charge in [-0.3, -0.25) is 0 Å². The van der Waals surface area contributed by atoms with Gasteiger partial charge in [-0.05, 0) is 53.0 Å². The van der Waals surface area contributed by atoms with E-state index in [4.69, 9.17) is 4.74 Å². The predicted octanol–water partition coefficient (Wildman–Crippen LogP) is 4.03. The van der Waals surface area contributed by atoms with Gasteiger partial charge in [-0.1, -0.05) is 6.07 Å². The second-order valence-electron chi connectivity index (χ2n) is 4.80. The summed E-state index contributed by atoms with van der Waals surface area (Å²) in [5.41, 5.74) is 0.938. The third kappa shape index (κ3) is 3.55. The Morgan fingerprint density at radius 1 is 1.30 bits per heavy atom. The highest BCUT2D eigenvalue weighted by Crippen LogP contribution is 2.29. The summed E-state index contributed by atoms with van der Waals surface area (Å²) >= 11 is 3.28. The van der Waals surface area contributed by atoms with Gasteiger partial charge in [0, 0.05) is 18.7 Å². The summed E-state index contributed by atoms with van der Waals surface area (Å²) in [6, 6.07) is 10.6. The zero-order chi connectivity index (χ0) is 13.9. The first-order valence-electron chi connectivity index (χ1n) is 6.53. The zero-order valence-electron chi connectivity index (χ0n) is 10.8. The highest BCUT2D eigenvalue weighted by atomic mass is 79.9. The average Bonchev–Trinajstić information content (AvgIpc) is 3.24. The van der Waals surface area contributed by atoms with Gasteiger partial charge in [0.15, 0.2) is 0 Å². The lowest BCUT2D eigenvalue weighted by molar-refractivity contribution is 0.455. The molecule has 0 amide bonds. The van der Waals surface area contributed by atoms with Crippen LogP contribution >= 0.6 is 15.9 Å². The second kappa shape index (κ2) is 5.89. The lowest BCUT2D eigenvalue weighted by Crippen LogP contribution is -2.16. The molecule has 0 aliphatic heterocycles. The van der Waals surface area contributed by atoms with Crippen molar-refractivity contribution in [3.05, 3.63) is 52.4 Å². The van der Waals surface area contributed by atoms with E-state index in [1.54, 1.807) is 12.1 Å². The van der Waals surface area contributed by atoms with Gasteiger partial charge in [0.25, 0.3) is 0 Å². The number of pyridine rings is 1. The average molecular weight is 337 g/mol. The third-order valence-corrected chi connectivity index (χ3v) is 3.66. The van der Waals surface area contributed by atoms with Crippen LogP contribution in [0.5, 0.6) is 11.6 Å². The van der Waals surface area contributed by atoms with Gasteiger partial charge < -0.3 is 10.1 Å². The Morgan fingerprint density at radius 3 is 2.90 bits per heavy atom. The van der Waals surface area contributed by atoms with Crippen molar-refractivity contribution < 1.29 is 9.13 Å². The Bertz CT molecular complexity index is 617. The molecule has 1 N–H and O–H groups in total. The maximum absolute atomic E-state index is 13.0. The molecule has 5 heteroatoms. The maximum Gasteiger partial charge on any atom is 0.219 e. The Labute approximate surface area is 125 Å². The second-order valence-corrected chi connectivity index (χ2v) is 5.65. The number of nitrogens with one attached hydrogen (secondary N) is 1. The van der Waals surface area contributed by atoms with Gasteiger partial charge in [-0.2, -0.15) is 0 Å². The fraction of sp³-hybridized carbons (Fsp3) is 0.267. The molecule has 0 saturated heterocycles. The van der Waals surface area contributed by atoms with Gasteiger partial charge >= 0.3 is 0 Å². The molecule has 1 aromatic carbocycles. The fourth-order valence-corrected chi connectivity index (χ4v) is 2.25. The number of aromatic nitrogens is 1. The number of hydrogen-bond donors (Lipinski definition) is 1. The molecule has 0 radical (unpaired) electrons. The molecule has 1 heterocycles. The van der Waals surface area contributed by atoms with E-state index in [9.17, 15) is 4.39 Å². The van der Waals surface area contributed by atoms with Crippen LogP contribution in [0.2, 0.25) is 0 Å². The van der Waals surface area contributed by atoms with Gasteiger partial charge in [0.1, 0.15) is 11.6 Å². The summed E-state index contributed by atoms with van der Waals surface area (Å²) in [5, 5.41) is 3.41. The SMILES string of the molecule is Fc1ccc(Oc2cccc(CNC3CC3)n2)c(Br)c1. The molecule has 1 aliphatic carbocycles. The molecule has 0 unspecified atom stereocenters.